The molecule has 114 valence electrons. The summed E-state index contributed by atoms with van der Waals surface area (Å²) >= 11 is 12.0. The summed E-state index contributed by atoms with van der Waals surface area (Å²) in [6, 6.07) is 4.53. The highest BCUT2D eigenvalue weighted by Gasteiger charge is 2.28. The number of rotatable bonds is 3. The molecule has 0 unspecified atom stereocenters. The lowest BCUT2D eigenvalue weighted by atomic mass is 10.1. The summed E-state index contributed by atoms with van der Waals surface area (Å²) in [4.78, 5) is 22.3. The van der Waals surface area contributed by atoms with Crippen LogP contribution in [0.25, 0.3) is 0 Å². The van der Waals surface area contributed by atoms with E-state index in [1.807, 2.05) is 0 Å². The number of nitrogens with two attached hydrogens (primary N) is 1. The lowest BCUT2D eigenvalue weighted by molar-refractivity contribution is -0.133. The van der Waals surface area contributed by atoms with Crippen molar-refractivity contribution in [1.82, 2.24) is 14.9 Å². The molecule has 1 aromatic heterocycles. The van der Waals surface area contributed by atoms with Crippen molar-refractivity contribution < 1.29 is 4.79 Å². The Hall–Kier alpha value is -1.69. The van der Waals surface area contributed by atoms with Gasteiger partial charge >= 0.3 is 0 Å². The first-order chi connectivity index (χ1) is 10.5. The Kier molecular flexibility index (Phi) is 4.29. The molecule has 1 aromatic carbocycles. The van der Waals surface area contributed by atoms with Crippen LogP contribution in [0.15, 0.2) is 30.7 Å². The summed E-state index contributed by atoms with van der Waals surface area (Å²) in [6.07, 6.45) is 3.59. The molecule has 22 heavy (non-hydrogen) atoms. The molecule has 1 amide bonds. The van der Waals surface area contributed by atoms with Crippen LogP contribution in [0.3, 0.4) is 0 Å². The molecule has 0 saturated heterocycles. The molecule has 0 bridgehead atoms. The molecule has 5 nitrogen and oxygen atoms in total. The van der Waals surface area contributed by atoms with Gasteiger partial charge in [-0.3, -0.25) is 4.79 Å². The van der Waals surface area contributed by atoms with E-state index in [1.165, 1.54) is 6.33 Å². The average molecular weight is 337 g/mol. The number of carbonyl (C=O) groups excluding carboxylic acids is 1. The Morgan fingerprint density at radius 3 is 2.91 bits per heavy atom. The normalized spacial score (nSPS) is 14.8. The Labute approximate surface area is 138 Å². The second-order valence-corrected chi connectivity index (χ2v) is 6.08. The van der Waals surface area contributed by atoms with Crippen LogP contribution >= 0.6 is 23.2 Å². The fourth-order valence-corrected chi connectivity index (χ4v) is 2.99. The molecule has 3 rings (SSSR count). The fourth-order valence-electron chi connectivity index (χ4n) is 2.50. The van der Waals surface area contributed by atoms with E-state index in [-0.39, 0.29) is 5.91 Å². The first-order valence-electron chi connectivity index (χ1n) is 6.80. The number of amides is 1. The molecule has 0 saturated carbocycles. The Balaban J connectivity index is 1.68. The second-order valence-electron chi connectivity index (χ2n) is 5.24. The minimum Gasteiger partial charge on any atom is -0.331 e. The highest BCUT2D eigenvalue weighted by atomic mass is 35.5. The van der Waals surface area contributed by atoms with Gasteiger partial charge in [-0.05, 0) is 24.1 Å². The molecule has 1 aliphatic rings. The summed E-state index contributed by atoms with van der Waals surface area (Å²) in [5.74, 6) is -0.121. The summed E-state index contributed by atoms with van der Waals surface area (Å²) in [6.45, 7) is 0.968. The molecule has 7 heteroatoms. The number of carbonyl (C=O) groups is 1. The zero-order valence-electron chi connectivity index (χ0n) is 11.7. The van der Waals surface area contributed by atoms with E-state index in [1.54, 1.807) is 29.3 Å². The number of benzene rings is 1. The average Bonchev–Trinajstić information content (AvgIpc) is 2.93. The molecule has 2 aromatic rings. The van der Waals surface area contributed by atoms with Crippen molar-refractivity contribution in [3.63, 3.8) is 0 Å². The molecule has 0 radical (unpaired) electrons. The van der Waals surface area contributed by atoms with Crippen molar-refractivity contribution in [2.24, 2.45) is 5.73 Å². The molecule has 0 aliphatic carbocycles. The number of nitrogens with zero attached hydrogens (tertiary/aromatic N) is 3. The van der Waals surface area contributed by atoms with E-state index in [2.05, 4.69) is 9.97 Å². The predicted molar refractivity (Wildman–Crippen MR) is 84.4 cm³/mol. The van der Waals surface area contributed by atoms with Crippen LogP contribution in [0.1, 0.15) is 16.8 Å². The second kappa shape index (κ2) is 6.20. The van der Waals surface area contributed by atoms with E-state index in [9.17, 15) is 4.79 Å². The van der Waals surface area contributed by atoms with Crippen LogP contribution in [0, 0.1) is 0 Å². The third kappa shape index (κ3) is 3.06. The van der Waals surface area contributed by atoms with Crippen LogP contribution in [0.4, 0.5) is 0 Å². The summed E-state index contributed by atoms with van der Waals surface area (Å²) < 4.78 is 0. The van der Waals surface area contributed by atoms with E-state index < -0.39 is 6.04 Å². The highest BCUT2D eigenvalue weighted by Crippen LogP contribution is 2.24. The number of fused-ring (bicyclic) bond motifs is 1. The zero-order valence-corrected chi connectivity index (χ0v) is 13.2. The maximum atomic E-state index is 12.5. The van der Waals surface area contributed by atoms with Gasteiger partial charge in [-0.2, -0.15) is 0 Å². The lowest BCUT2D eigenvalue weighted by Crippen LogP contribution is -2.42. The van der Waals surface area contributed by atoms with Crippen LogP contribution in [0.5, 0.6) is 0 Å². The molecule has 1 aliphatic heterocycles. The van der Waals surface area contributed by atoms with Gasteiger partial charge < -0.3 is 10.6 Å². The number of hydrogen-bond donors (Lipinski definition) is 1. The molecule has 1 atom stereocenters. The Morgan fingerprint density at radius 1 is 1.36 bits per heavy atom. The van der Waals surface area contributed by atoms with Crippen LogP contribution in [-0.4, -0.2) is 26.8 Å². The molecular formula is C15H14Cl2N4O. The Bertz CT molecular complexity index is 697. The molecular weight excluding hydrogens is 323 g/mol. The first-order valence-corrected chi connectivity index (χ1v) is 7.56. The lowest BCUT2D eigenvalue weighted by Gasteiger charge is -2.20. The SMILES string of the molecule is N[C@H](Cc1ccc(Cl)cc1Cl)C(=O)N1Cc2cncnc2C1. The maximum absolute atomic E-state index is 12.5. The fraction of sp³-hybridized carbons (Fsp3) is 0.267. The van der Waals surface area contributed by atoms with E-state index in [4.69, 9.17) is 28.9 Å². The van der Waals surface area contributed by atoms with E-state index in [0.717, 1.165) is 16.8 Å². The Morgan fingerprint density at radius 2 is 2.18 bits per heavy atom. The minimum absolute atomic E-state index is 0.121. The van der Waals surface area contributed by atoms with Crippen molar-refractivity contribution >= 4 is 29.1 Å². The maximum Gasteiger partial charge on any atom is 0.240 e. The van der Waals surface area contributed by atoms with Gasteiger partial charge in [0.2, 0.25) is 5.91 Å². The van der Waals surface area contributed by atoms with Gasteiger partial charge in [-0.1, -0.05) is 29.3 Å². The predicted octanol–water partition coefficient (Wildman–Crippen LogP) is 2.20. The van der Waals surface area contributed by atoms with Crippen LogP contribution in [0.2, 0.25) is 10.0 Å². The molecule has 0 fully saturated rings. The van der Waals surface area contributed by atoms with Gasteiger partial charge in [-0.25, -0.2) is 9.97 Å². The number of aromatic nitrogens is 2. The third-order valence-corrected chi connectivity index (χ3v) is 4.25. The van der Waals surface area contributed by atoms with Crippen molar-refractivity contribution in [1.29, 1.82) is 0 Å². The highest BCUT2D eigenvalue weighted by molar-refractivity contribution is 6.35. The molecule has 2 N–H and O–H groups in total. The summed E-state index contributed by atoms with van der Waals surface area (Å²) in [5, 5.41) is 1.08. The van der Waals surface area contributed by atoms with Crippen molar-refractivity contribution in [2.75, 3.05) is 0 Å². The van der Waals surface area contributed by atoms with Crippen molar-refractivity contribution in [3.05, 3.63) is 57.6 Å². The van der Waals surface area contributed by atoms with Gasteiger partial charge in [0.25, 0.3) is 0 Å². The number of hydrogen-bond acceptors (Lipinski definition) is 4. The molecule has 2 heterocycles. The largest absolute Gasteiger partial charge is 0.331 e. The third-order valence-electron chi connectivity index (χ3n) is 3.67. The van der Waals surface area contributed by atoms with Gasteiger partial charge in [0.1, 0.15) is 6.33 Å². The van der Waals surface area contributed by atoms with Crippen LogP contribution in [-0.2, 0) is 24.3 Å². The summed E-state index contributed by atoms with van der Waals surface area (Å²) in [5.41, 5.74) is 8.70. The zero-order chi connectivity index (χ0) is 15.7. The van der Waals surface area contributed by atoms with Gasteiger partial charge in [0.05, 0.1) is 18.3 Å². The van der Waals surface area contributed by atoms with E-state index in [0.29, 0.717) is 29.6 Å². The standard InChI is InChI=1S/C15H14Cl2N4O/c16-11-2-1-9(12(17)4-11)3-13(18)15(22)21-6-10-5-19-8-20-14(10)7-21/h1-2,4-5,8,13H,3,6-7,18H2/t13-/m1/s1. The first kappa shape index (κ1) is 15.2. The topological polar surface area (TPSA) is 72.1 Å². The van der Waals surface area contributed by atoms with Gasteiger partial charge in [0, 0.05) is 28.4 Å². The van der Waals surface area contributed by atoms with E-state index >= 15 is 0 Å². The monoisotopic (exact) mass is 336 g/mol. The minimum atomic E-state index is -0.652. The molecule has 0 spiro atoms. The van der Waals surface area contributed by atoms with Gasteiger partial charge in [-0.15, -0.1) is 0 Å². The van der Waals surface area contributed by atoms with Crippen molar-refractivity contribution in [2.45, 2.75) is 25.6 Å². The van der Waals surface area contributed by atoms with Crippen molar-refractivity contribution in [3.8, 4) is 0 Å². The number of halogens is 2. The quantitative estimate of drug-likeness (QED) is 0.932. The van der Waals surface area contributed by atoms with Gasteiger partial charge in [0.15, 0.2) is 0 Å². The smallest absolute Gasteiger partial charge is 0.240 e. The van der Waals surface area contributed by atoms with Crippen LogP contribution < -0.4 is 5.73 Å². The summed E-state index contributed by atoms with van der Waals surface area (Å²) in [7, 11) is 0.